The van der Waals surface area contributed by atoms with Crippen molar-refractivity contribution in [3.63, 3.8) is 0 Å². The summed E-state index contributed by atoms with van der Waals surface area (Å²) in [7, 11) is 0. The fraction of sp³-hybridized carbons (Fsp3) is 0.250. The summed E-state index contributed by atoms with van der Waals surface area (Å²) in [6, 6.07) is 11.7. The van der Waals surface area contributed by atoms with Crippen LogP contribution in [0.1, 0.15) is 29.9 Å². The quantitative estimate of drug-likeness (QED) is 0.604. The summed E-state index contributed by atoms with van der Waals surface area (Å²) in [6.07, 6.45) is -4.27. The topological polar surface area (TPSA) is 54.5 Å². The van der Waals surface area contributed by atoms with Crippen molar-refractivity contribution in [1.29, 1.82) is 0 Å². The Bertz CT molecular complexity index is 846. The molecular weight excluding hydrogens is 359 g/mol. The molecule has 0 heterocycles. The molecule has 0 radical (unpaired) electrons. The second-order valence-corrected chi connectivity index (χ2v) is 6.41. The van der Waals surface area contributed by atoms with Crippen molar-refractivity contribution >= 4 is 23.7 Å². The molecule has 0 N–H and O–H groups in total. The Balaban J connectivity index is 1.88. The van der Waals surface area contributed by atoms with Gasteiger partial charge in [-0.25, -0.2) is 0 Å². The zero-order chi connectivity index (χ0) is 19.6. The van der Waals surface area contributed by atoms with Crippen LogP contribution < -0.4 is 4.90 Å². The van der Waals surface area contributed by atoms with Crippen LogP contribution in [0.25, 0.3) is 0 Å². The molecule has 4 nitrogen and oxygen atoms in total. The van der Waals surface area contributed by atoms with Gasteiger partial charge in [-0.05, 0) is 29.7 Å². The van der Waals surface area contributed by atoms with Crippen molar-refractivity contribution in [2.45, 2.75) is 31.0 Å². The van der Waals surface area contributed by atoms with Crippen LogP contribution in [0.3, 0.4) is 0 Å². The SMILES string of the molecule is O=CN(c1cccc(C(F)(F)F)c1)C1C(=O)CC(c2ccccc2)CC1=O. The smallest absolute Gasteiger partial charge is 0.297 e. The maximum absolute atomic E-state index is 12.9. The number of carbonyl (C=O) groups is 3. The van der Waals surface area contributed by atoms with Crippen LogP contribution in [0.4, 0.5) is 18.9 Å². The molecule has 0 atom stereocenters. The third kappa shape index (κ3) is 3.92. The molecule has 1 aliphatic carbocycles. The summed E-state index contributed by atoms with van der Waals surface area (Å²) in [4.78, 5) is 37.5. The first-order valence-electron chi connectivity index (χ1n) is 8.32. The van der Waals surface area contributed by atoms with Crippen LogP contribution in [0, 0.1) is 0 Å². The lowest BCUT2D eigenvalue weighted by atomic mass is 9.79. The highest BCUT2D eigenvalue weighted by molar-refractivity contribution is 6.14. The second-order valence-electron chi connectivity index (χ2n) is 6.41. The Hall–Kier alpha value is -2.96. The number of hydrogen-bond donors (Lipinski definition) is 0. The lowest BCUT2D eigenvalue weighted by Gasteiger charge is -2.32. The van der Waals surface area contributed by atoms with Crippen molar-refractivity contribution in [1.82, 2.24) is 0 Å². The number of halogens is 3. The number of nitrogens with zero attached hydrogens (tertiary/aromatic N) is 1. The van der Waals surface area contributed by atoms with Gasteiger partial charge >= 0.3 is 6.18 Å². The Morgan fingerprint density at radius 3 is 2.11 bits per heavy atom. The van der Waals surface area contributed by atoms with Crippen LogP contribution in [-0.4, -0.2) is 24.0 Å². The van der Waals surface area contributed by atoms with E-state index in [9.17, 15) is 27.6 Å². The summed E-state index contributed by atoms with van der Waals surface area (Å²) in [5.41, 5.74) is -0.247. The van der Waals surface area contributed by atoms with Crippen LogP contribution in [0.5, 0.6) is 0 Å². The highest BCUT2D eigenvalue weighted by atomic mass is 19.4. The average Bonchev–Trinajstić information content (AvgIpc) is 2.64. The van der Waals surface area contributed by atoms with E-state index in [4.69, 9.17) is 0 Å². The molecule has 1 fully saturated rings. The molecule has 0 aliphatic heterocycles. The van der Waals surface area contributed by atoms with E-state index < -0.39 is 29.3 Å². The van der Waals surface area contributed by atoms with Gasteiger partial charge < -0.3 is 0 Å². The fourth-order valence-corrected chi connectivity index (χ4v) is 3.35. The van der Waals surface area contributed by atoms with E-state index in [1.54, 1.807) is 12.1 Å². The molecule has 2 aromatic rings. The van der Waals surface area contributed by atoms with E-state index in [0.29, 0.717) is 0 Å². The van der Waals surface area contributed by atoms with E-state index in [2.05, 4.69) is 0 Å². The van der Waals surface area contributed by atoms with E-state index >= 15 is 0 Å². The van der Waals surface area contributed by atoms with Crippen LogP contribution >= 0.6 is 0 Å². The molecule has 0 aromatic heterocycles. The van der Waals surface area contributed by atoms with Gasteiger partial charge in [0.25, 0.3) is 0 Å². The van der Waals surface area contributed by atoms with Crippen molar-refractivity contribution in [3.8, 4) is 0 Å². The van der Waals surface area contributed by atoms with Gasteiger partial charge in [0.15, 0.2) is 17.6 Å². The first kappa shape index (κ1) is 18.8. The maximum Gasteiger partial charge on any atom is 0.416 e. The summed E-state index contributed by atoms with van der Waals surface area (Å²) in [5.74, 6) is -1.26. The minimum atomic E-state index is -4.59. The van der Waals surface area contributed by atoms with Gasteiger partial charge in [0.05, 0.1) is 5.56 Å². The molecular formula is C20H16F3NO3. The molecule has 1 saturated carbocycles. The predicted octanol–water partition coefficient (Wildman–Crippen LogP) is 3.75. The minimum Gasteiger partial charge on any atom is -0.297 e. The van der Waals surface area contributed by atoms with Gasteiger partial charge in [0.2, 0.25) is 6.41 Å². The van der Waals surface area contributed by atoms with E-state index in [-0.39, 0.29) is 30.9 Å². The largest absolute Gasteiger partial charge is 0.416 e. The molecule has 1 aliphatic rings. The molecule has 140 valence electrons. The van der Waals surface area contributed by atoms with E-state index in [1.807, 2.05) is 18.2 Å². The zero-order valence-electron chi connectivity index (χ0n) is 14.1. The highest BCUT2D eigenvalue weighted by Gasteiger charge is 2.40. The Labute approximate surface area is 153 Å². The molecule has 27 heavy (non-hydrogen) atoms. The van der Waals surface area contributed by atoms with Gasteiger partial charge in [-0.1, -0.05) is 36.4 Å². The van der Waals surface area contributed by atoms with Crippen LogP contribution in [-0.2, 0) is 20.6 Å². The first-order valence-corrected chi connectivity index (χ1v) is 8.32. The van der Waals surface area contributed by atoms with E-state index in [1.165, 1.54) is 6.07 Å². The van der Waals surface area contributed by atoms with E-state index in [0.717, 1.165) is 28.7 Å². The minimum absolute atomic E-state index is 0.0454. The number of ketones is 2. The summed E-state index contributed by atoms with van der Waals surface area (Å²) in [6.45, 7) is 0. The third-order valence-corrected chi connectivity index (χ3v) is 4.64. The summed E-state index contributed by atoms with van der Waals surface area (Å²) >= 11 is 0. The number of rotatable bonds is 4. The number of alkyl halides is 3. The molecule has 0 unspecified atom stereocenters. The molecule has 7 heteroatoms. The number of Topliss-reactive ketones (excluding diaryl/α,β-unsaturated/α-hetero) is 2. The normalized spacial score (nSPS) is 20.4. The number of anilines is 1. The summed E-state index contributed by atoms with van der Waals surface area (Å²) in [5, 5.41) is 0. The number of carbonyl (C=O) groups excluding carboxylic acids is 3. The molecule has 3 rings (SSSR count). The zero-order valence-corrected chi connectivity index (χ0v) is 14.1. The molecule has 0 spiro atoms. The van der Waals surface area contributed by atoms with Gasteiger partial charge in [-0.2, -0.15) is 13.2 Å². The van der Waals surface area contributed by atoms with Gasteiger partial charge in [0.1, 0.15) is 0 Å². The van der Waals surface area contributed by atoms with Crippen molar-refractivity contribution in [2.24, 2.45) is 0 Å². The van der Waals surface area contributed by atoms with Crippen molar-refractivity contribution in [3.05, 3.63) is 65.7 Å². The van der Waals surface area contributed by atoms with Crippen LogP contribution in [0.2, 0.25) is 0 Å². The molecule has 0 bridgehead atoms. The highest BCUT2D eigenvalue weighted by Crippen LogP contribution is 2.35. The Kier molecular flexibility index (Phi) is 5.12. The first-order chi connectivity index (χ1) is 12.8. The fourth-order valence-electron chi connectivity index (χ4n) is 3.35. The maximum atomic E-state index is 12.9. The lowest BCUT2D eigenvalue weighted by molar-refractivity contribution is -0.137. The van der Waals surface area contributed by atoms with Gasteiger partial charge in [-0.3, -0.25) is 19.3 Å². The lowest BCUT2D eigenvalue weighted by Crippen LogP contribution is -2.50. The second kappa shape index (κ2) is 7.34. The van der Waals surface area contributed by atoms with Gasteiger partial charge in [-0.15, -0.1) is 0 Å². The predicted molar refractivity (Wildman–Crippen MR) is 92.2 cm³/mol. The Morgan fingerprint density at radius 2 is 1.56 bits per heavy atom. The van der Waals surface area contributed by atoms with Gasteiger partial charge in [0, 0.05) is 18.5 Å². The van der Waals surface area contributed by atoms with Crippen molar-refractivity contribution in [2.75, 3.05) is 4.90 Å². The standard InChI is InChI=1S/C20H16F3NO3/c21-20(22,23)15-7-4-8-16(11-15)24(12-25)19-17(26)9-14(10-18(19)27)13-5-2-1-3-6-13/h1-8,11-12,14,19H,9-10H2. The van der Waals surface area contributed by atoms with Crippen LogP contribution in [0.15, 0.2) is 54.6 Å². The number of hydrogen-bond acceptors (Lipinski definition) is 3. The number of benzene rings is 2. The average molecular weight is 375 g/mol. The molecule has 0 saturated heterocycles. The Morgan fingerprint density at radius 1 is 0.926 bits per heavy atom. The monoisotopic (exact) mass is 375 g/mol. The molecule has 2 aromatic carbocycles. The number of amides is 1. The third-order valence-electron chi connectivity index (χ3n) is 4.64. The summed E-state index contributed by atoms with van der Waals surface area (Å²) < 4.78 is 38.8. The molecule has 1 amide bonds. The van der Waals surface area contributed by atoms with Crippen molar-refractivity contribution < 1.29 is 27.6 Å².